The van der Waals surface area contributed by atoms with Gasteiger partial charge in [-0.25, -0.2) is 24.4 Å². The molecule has 0 aliphatic carbocycles. The zero-order chi connectivity index (χ0) is 8.48. The lowest BCUT2D eigenvalue weighted by atomic mass is 11.0. The van der Waals surface area contributed by atoms with Gasteiger partial charge in [0.2, 0.25) is 10.0 Å². The molecule has 0 saturated carbocycles. The summed E-state index contributed by atoms with van der Waals surface area (Å²) in [7, 11) is -1.78. The smallest absolute Gasteiger partial charge is 0.236 e. The topological polar surface area (TPSA) is 96.2 Å². The monoisotopic (exact) mass is 198 g/mol. The minimum absolute atomic E-state index is 0.113. The molecule has 1 fully saturated rings. The van der Waals surface area contributed by atoms with Crippen molar-refractivity contribution in [3.63, 3.8) is 0 Å². The SMILES string of the molecule is CN[C@H]1NN[C@@H](S(N)(=O)=O)S1. The molecule has 0 bridgehead atoms. The Balaban J connectivity index is 2.55. The van der Waals surface area contributed by atoms with Gasteiger partial charge in [0.1, 0.15) is 5.50 Å². The van der Waals surface area contributed by atoms with E-state index in [1.54, 1.807) is 7.05 Å². The molecule has 0 aromatic carbocycles. The van der Waals surface area contributed by atoms with E-state index >= 15 is 0 Å². The lowest BCUT2D eigenvalue weighted by Crippen LogP contribution is -2.42. The Bertz CT molecular complexity index is 227. The molecular weight excluding hydrogens is 188 g/mol. The summed E-state index contributed by atoms with van der Waals surface area (Å²) in [6.45, 7) is 0. The molecule has 0 radical (unpaired) electrons. The van der Waals surface area contributed by atoms with Crippen LogP contribution in [0.1, 0.15) is 0 Å². The Morgan fingerprint density at radius 1 is 1.55 bits per heavy atom. The summed E-state index contributed by atoms with van der Waals surface area (Å²) in [4.78, 5) is 0. The summed E-state index contributed by atoms with van der Waals surface area (Å²) in [5, 5.41) is 7.71. The molecule has 0 spiro atoms. The molecule has 8 heteroatoms. The molecule has 1 aliphatic rings. The van der Waals surface area contributed by atoms with Gasteiger partial charge >= 0.3 is 0 Å². The van der Waals surface area contributed by atoms with Crippen molar-refractivity contribution < 1.29 is 8.42 Å². The number of nitrogens with one attached hydrogen (secondary N) is 3. The van der Waals surface area contributed by atoms with Gasteiger partial charge in [0, 0.05) is 0 Å². The van der Waals surface area contributed by atoms with Crippen LogP contribution in [0.4, 0.5) is 0 Å². The second-order valence-electron chi connectivity index (χ2n) is 2.01. The maximum Gasteiger partial charge on any atom is 0.236 e. The fraction of sp³-hybridized carbons (Fsp3) is 1.00. The van der Waals surface area contributed by atoms with Gasteiger partial charge in [0.15, 0.2) is 4.71 Å². The third-order valence-electron chi connectivity index (χ3n) is 1.15. The lowest BCUT2D eigenvalue weighted by Gasteiger charge is -2.04. The first-order chi connectivity index (χ1) is 5.04. The van der Waals surface area contributed by atoms with E-state index in [9.17, 15) is 8.42 Å². The largest absolute Gasteiger partial charge is 0.295 e. The third kappa shape index (κ3) is 2.29. The van der Waals surface area contributed by atoms with E-state index in [4.69, 9.17) is 5.14 Å². The summed E-state index contributed by atoms with van der Waals surface area (Å²) >= 11 is 1.17. The van der Waals surface area contributed by atoms with Crippen molar-refractivity contribution in [2.45, 2.75) is 10.2 Å². The summed E-state index contributed by atoms with van der Waals surface area (Å²) in [6.07, 6.45) is 0. The number of hydrogen-bond acceptors (Lipinski definition) is 6. The van der Waals surface area contributed by atoms with Crippen molar-refractivity contribution in [3.05, 3.63) is 0 Å². The van der Waals surface area contributed by atoms with Crippen LogP contribution in [-0.4, -0.2) is 25.7 Å². The number of thioether (sulfide) groups is 1. The van der Waals surface area contributed by atoms with Crippen LogP contribution in [0.15, 0.2) is 0 Å². The van der Waals surface area contributed by atoms with Crippen LogP contribution in [0.25, 0.3) is 0 Å². The molecule has 66 valence electrons. The van der Waals surface area contributed by atoms with E-state index in [0.717, 1.165) is 0 Å². The minimum Gasteiger partial charge on any atom is -0.295 e. The highest BCUT2D eigenvalue weighted by Gasteiger charge is 2.31. The quantitative estimate of drug-likeness (QED) is 0.406. The fourth-order valence-electron chi connectivity index (χ4n) is 0.635. The maximum absolute atomic E-state index is 10.7. The Morgan fingerprint density at radius 2 is 2.18 bits per heavy atom. The average molecular weight is 198 g/mol. The van der Waals surface area contributed by atoms with Crippen LogP contribution in [0.3, 0.4) is 0 Å². The highest BCUT2D eigenvalue weighted by molar-refractivity contribution is 8.13. The van der Waals surface area contributed by atoms with Crippen molar-refractivity contribution in [2.24, 2.45) is 5.14 Å². The second kappa shape index (κ2) is 3.25. The first-order valence-electron chi connectivity index (χ1n) is 2.89. The van der Waals surface area contributed by atoms with E-state index in [2.05, 4.69) is 16.2 Å². The fourth-order valence-corrected chi connectivity index (χ4v) is 2.48. The Kier molecular flexibility index (Phi) is 2.73. The normalized spacial score (nSPS) is 32.5. The van der Waals surface area contributed by atoms with Crippen LogP contribution in [-0.2, 0) is 10.0 Å². The number of sulfonamides is 1. The van der Waals surface area contributed by atoms with E-state index in [1.807, 2.05) is 0 Å². The molecule has 2 atom stereocenters. The summed E-state index contributed by atoms with van der Waals surface area (Å²) < 4.78 is 20.7. The molecule has 6 nitrogen and oxygen atoms in total. The van der Waals surface area contributed by atoms with Crippen LogP contribution in [0.5, 0.6) is 0 Å². The number of hydrazine groups is 1. The van der Waals surface area contributed by atoms with Gasteiger partial charge in [0.25, 0.3) is 0 Å². The standard InChI is InChI=1S/C3H10N4O2S2/c1-5-2-6-7-3(10-2)11(4,8)9/h2-3,5-7H,1H3,(H2,4,8,9)/t2-,3+/m0/s1. The van der Waals surface area contributed by atoms with Gasteiger partial charge in [-0.2, -0.15) is 0 Å². The number of primary sulfonamides is 1. The minimum atomic E-state index is -3.50. The average Bonchev–Trinajstić information content (AvgIpc) is 2.32. The first kappa shape index (κ1) is 9.23. The number of nitrogens with two attached hydrogens (primary N) is 1. The predicted octanol–water partition coefficient (Wildman–Crippen LogP) is -2.10. The van der Waals surface area contributed by atoms with Crippen molar-refractivity contribution in [3.8, 4) is 0 Å². The number of hydrogen-bond donors (Lipinski definition) is 4. The molecule has 1 heterocycles. The van der Waals surface area contributed by atoms with E-state index in [0.29, 0.717) is 0 Å². The van der Waals surface area contributed by atoms with Crippen LogP contribution in [0.2, 0.25) is 0 Å². The zero-order valence-corrected chi connectivity index (χ0v) is 7.50. The molecule has 1 saturated heterocycles. The van der Waals surface area contributed by atoms with Crippen LogP contribution in [0, 0.1) is 0 Å². The van der Waals surface area contributed by atoms with E-state index < -0.39 is 14.7 Å². The molecule has 0 aromatic rings. The molecule has 11 heavy (non-hydrogen) atoms. The summed E-state index contributed by atoms with van der Waals surface area (Å²) in [5.41, 5.74) is 5.13. The molecule has 5 N–H and O–H groups in total. The van der Waals surface area contributed by atoms with Crippen LogP contribution < -0.4 is 21.3 Å². The van der Waals surface area contributed by atoms with Gasteiger partial charge in [-0.1, -0.05) is 11.8 Å². The highest BCUT2D eigenvalue weighted by atomic mass is 32.3. The van der Waals surface area contributed by atoms with Crippen molar-refractivity contribution in [1.82, 2.24) is 16.2 Å². The Hall–Kier alpha value is 0.140. The van der Waals surface area contributed by atoms with Gasteiger partial charge < -0.3 is 0 Å². The highest BCUT2D eigenvalue weighted by Crippen LogP contribution is 2.19. The Labute approximate surface area is 69.3 Å². The van der Waals surface area contributed by atoms with Gasteiger partial charge in [0.05, 0.1) is 0 Å². The van der Waals surface area contributed by atoms with E-state index in [1.165, 1.54) is 11.8 Å². The van der Waals surface area contributed by atoms with E-state index in [-0.39, 0.29) is 5.50 Å². The van der Waals surface area contributed by atoms with Gasteiger partial charge in [-0.15, -0.1) is 0 Å². The van der Waals surface area contributed by atoms with Crippen molar-refractivity contribution in [1.29, 1.82) is 0 Å². The molecular formula is C3H10N4O2S2. The maximum atomic E-state index is 10.7. The molecule has 1 aliphatic heterocycles. The molecule has 0 aromatic heterocycles. The third-order valence-corrected chi connectivity index (χ3v) is 4.00. The van der Waals surface area contributed by atoms with Crippen LogP contribution >= 0.6 is 11.8 Å². The second-order valence-corrected chi connectivity index (χ2v) is 5.18. The lowest BCUT2D eigenvalue weighted by molar-refractivity contribution is 0.523. The van der Waals surface area contributed by atoms with Crippen molar-refractivity contribution in [2.75, 3.05) is 7.05 Å². The molecule has 0 amide bonds. The Morgan fingerprint density at radius 3 is 2.45 bits per heavy atom. The summed E-state index contributed by atoms with van der Waals surface area (Å²) in [5.74, 6) is 0. The number of rotatable bonds is 2. The first-order valence-corrected chi connectivity index (χ1v) is 5.44. The predicted molar refractivity (Wildman–Crippen MR) is 43.6 cm³/mol. The summed E-state index contributed by atoms with van der Waals surface area (Å²) in [6, 6.07) is 0. The van der Waals surface area contributed by atoms with Gasteiger partial charge in [-0.3, -0.25) is 5.32 Å². The van der Waals surface area contributed by atoms with Crippen molar-refractivity contribution >= 4 is 21.8 Å². The zero-order valence-electron chi connectivity index (χ0n) is 5.87. The molecule has 0 unspecified atom stereocenters. The van der Waals surface area contributed by atoms with Gasteiger partial charge in [-0.05, 0) is 7.05 Å². The molecule has 1 rings (SSSR count).